The lowest BCUT2D eigenvalue weighted by Gasteiger charge is -2.30. The monoisotopic (exact) mass is 574 g/mol. The van der Waals surface area contributed by atoms with Crippen molar-refractivity contribution >= 4 is 46.2 Å². The molecule has 2 fully saturated rings. The van der Waals surface area contributed by atoms with Gasteiger partial charge < -0.3 is 9.47 Å². The van der Waals surface area contributed by atoms with Crippen molar-refractivity contribution in [1.82, 2.24) is 4.90 Å². The second-order valence-electron chi connectivity index (χ2n) is 10.0. The number of ether oxygens (including phenoxy) is 2. The van der Waals surface area contributed by atoms with E-state index in [0.29, 0.717) is 34.6 Å². The quantitative estimate of drug-likeness (QED) is 0.240. The van der Waals surface area contributed by atoms with Crippen LogP contribution in [0.5, 0.6) is 11.5 Å². The molecule has 40 heavy (non-hydrogen) atoms. The van der Waals surface area contributed by atoms with Crippen molar-refractivity contribution in [2.45, 2.75) is 65.0 Å². The molecule has 0 N–H and O–H groups in total. The Morgan fingerprint density at radius 1 is 0.975 bits per heavy atom. The number of para-hydroxylation sites is 1. The zero-order valence-corrected chi connectivity index (χ0v) is 24.6. The normalized spacial score (nSPS) is 18.1. The van der Waals surface area contributed by atoms with E-state index in [1.165, 1.54) is 23.7 Å². The number of aryl methyl sites for hydroxylation is 1. The van der Waals surface area contributed by atoms with Crippen molar-refractivity contribution < 1.29 is 14.3 Å². The third-order valence-corrected chi connectivity index (χ3v) is 8.47. The average molecular weight is 575 g/mol. The minimum atomic E-state index is 0.0330. The van der Waals surface area contributed by atoms with Crippen molar-refractivity contribution in [1.29, 1.82) is 0 Å². The van der Waals surface area contributed by atoms with E-state index in [2.05, 4.69) is 13.0 Å². The number of aliphatic imine (C=N–C) groups is 1. The van der Waals surface area contributed by atoms with Crippen LogP contribution in [0.15, 0.2) is 76.6 Å². The molecule has 0 radical (unpaired) electrons. The molecule has 1 amide bonds. The van der Waals surface area contributed by atoms with Crippen LogP contribution in [-0.2, 0) is 17.8 Å². The number of amidine groups is 1. The zero-order chi connectivity index (χ0) is 27.9. The molecule has 7 heteroatoms. The highest BCUT2D eigenvalue weighted by Crippen LogP contribution is 2.40. The first-order chi connectivity index (χ1) is 19.6. The van der Waals surface area contributed by atoms with Gasteiger partial charge in [0.2, 0.25) is 0 Å². The molecule has 5 rings (SSSR count). The maximum absolute atomic E-state index is 13.8. The van der Waals surface area contributed by atoms with Crippen LogP contribution < -0.4 is 9.47 Å². The molecule has 1 aliphatic carbocycles. The summed E-state index contributed by atoms with van der Waals surface area (Å²) in [5, 5.41) is 1.47. The number of amides is 1. The van der Waals surface area contributed by atoms with Crippen LogP contribution in [0.2, 0.25) is 5.02 Å². The van der Waals surface area contributed by atoms with Gasteiger partial charge in [0.15, 0.2) is 16.7 Å². The summed E-state index contributed by atoms with van der Waals surface area (Å²) in [6.07, 6.45) is 8.39. The first-order valence-corrected chi connectivity index (χ1v) is 15.3. The number of hydrogen-bond acceptors (Lipinski definition) is 5. The smallest absolute Gasteiger partial charge is 0.267 e. The molecule has 1 saturated heterocycles. The highest BCUT2D eigenvalue weighted by atomic mass is 35.5. The molecule has 208 valence electrons. The number of nitrogens with zero attached hydrogens (tertiary/aromatic N) is 2. The highest BCUT2D eigenvalue weighted by molar-refractivity contribution is 8.18. The molecule has 0 unspecified atom stereocenters. The molecular formula is C33H35ClN2O3S. The standard InChI is InChI=1S/C33H35ClN2O3S/c1-3-25-10-8-9-13-28(25)35-33-36(27-11-6-5-7-12-27)32(37)31(40-33)21-24-16-19-29(30(20-24)38-4-2)39-22-23-14-17-26(34)18-15-23/h8-10,13-21,27H,3-7,11-12,22H2,1-2H3/b31-21+,35-33?. The van der Waals surface area contributed by atoms with Gasteiger partial charge in [0.05, 0.1) is 17.2 Å². The van der Waals surface area contributed by atoms with Crippen LogP contribution in [0.3, 0.4) is 0 Å². The molecule has 3 aromatic rings. The highest BCUT2D eigenvalue weighted by Gasteiger charge is 2.38. The Bertz CT molecular complexity index is 1400. The lowest BCUT2D eigenvalue weighted by molar-refractivity contribution is -0.124. The van der Waals surface area contributed by atoms with E-state index < -0.39 is 0 Å². The van der Waals surface area contributed by atoms with Crippen LogP contribution >= 0.6 is 23.4 Å². The Hall–Kier alpha value is -3.22. The van der Waals surface area contributed by atoms with Gasteiger partial charge in [0.25, 0.3) is 5.91 Å². The van der Waals surface area contributed by atoms with Gasteiger partial charge in [0, 0.05) is 11.1 Å². The molecule has 1 aliphatic heterocycles. The van der Waals surface area contributed by atoms with Crippen LogP contribution in [-0.4, -0.2) is 28.6 Å². The van der Waals surface area contributed by atoms with E-state index in [0.717, 1.165) is 54.1 Å². The number of rotatable bonds is 9. The van der Waals surface area contributed by atoms with E-state index in [1.807, 2.05) is 78.6 Å². The second-order valence-corrected chi connectivity index (χ2v) is 11.5. The summed E-state index contributed by atoms with van der Waals surface area (Å²) in [4.78, 5) is 21.5. The van der Waals surface area contributed by atoms with E-state index in [-0.39, 0.29) is 11.9 Å². The average Bonchev–Trinajstić information content (AvgIpc) is 3.28. The minimum absolute atomic E-state index is 0.0330. The lowest BCUT2D eigenvalue weighted by Crippen LogP contribution is -2.40. The van der Waals surface area contributed by atoms with Crippen molar-refractivity contribution in [2.24, 2.45) is 4.99 Å². The molecule has 0 spiro atoms. The summed E-state index contributed by atoms with van der Waals surface area (Å²) in [7, 11) is 0. The molecule has 5 nitrogen and oxygen atoms in total. The molecule has 0 aromatic heterocycles. The molecule has 1 heterocycles. The van der Waals surface area contributed by atoms with Crippen LogP contribution in [0.25, 0.3) is 6.08 Å². The van der Waals surface area contributed by atoms with E-state index in [1.54, 1.807) is 0 Å². The van der Waals surface area contributed by atoms with E-state index in [9.17, 15) is 4.79 Å². The predicted octanol–water partition coefficient (Wildman–Crippen LogP) is 8.82. The van der Waals surface area contributed by atoms with Crippen LogP contribution in [0.4, 0.5) is 5.69 Å². The number of carbonyl (C=O) groups excluding carboxylic acids is 1. The molecule has 2 aliphatic rings. The molecule has 1 saturated carbocycles. The van der Waals surface area contributed by atoms with Crippen molar-refractivity contribution in [3.63, 3.8) is 0 Å². The zero-order valence-electron chi connectivity index (χ0n) is 23.1. The Balaban J connectivity index is 1.42. The Kier molecular flexibility index (Phi) is 9.50. The fourth-order valence-corrected chi connectivity index (χ4v) is 6.32. The van der Waals surface area contributed by atoms with Gasteiger partial charge in [-0.2, -0.15) is 0 Å². The molecule has 0 atom stereocenters. The van der Waals surface area contributed by atoms with Gasteiger partial charge in [-0.3, -0.25) is 9.69 Å². The second kappa shape index (κ2) is 13.4. The number of hydrogen-bond donors (Lipinski definition) is 0. The third kappa shape index (κ3) is 6.73. The van der Waals surface area contributed by atoms with Gasteiger partial charge >= 0.3 is 0 Å². The van der Waals surface area contributed by atoms with E-state index in [4.69, 9.17) is 26.1 Å². The van der Waals surface area contributed by atoms with Gasteiger partial charge in [-0.1, -0.05) is 74.2 Å². The van der Waals surface area contributed by atoms with Gasteiger partial charge in [-0.15, -0.1) is 0 Å². The Morgan fingerprint density at radius 2 is 1.75 bits per heavy atom. The predicted molar refractivity (Wildman–Crippen MR) is 166 cm³/mol. The third-order valence-electron chi connectivity index (χ3n) is 7.24. The molecular weight excluding hydrogens is 540 g/mol. The number of halogens is 1. The molecule has 0 bridgehead atoms. The maximum Gasteiger partial charge on any atom is 0.267 e. The Morgan fingerprint density at radius 3 is 2.50 bits per heavy atom. The van der Waals surface area contributed by atoms with Gasteiger partial charge in [0.1, 0.15) is 6.61 Å². The lowest BCUT2D eigenvalue weighted by atomic mass is 9.94. The summed E-state index contributed by atoms with van der Waals surface area (Å²) < 4.78 is 12.0. The van der Waals surface area contributed by atoms with Crippen molar-refractivity contribution in [3.8, 4) is 11.5 Å². The summed E-state index contributed by atoms with van der Waals surface area (Å²) in [6.45, 7) is 4.99. The summed E-state index contributed by atoms with van der Waals surface area (Å²) in [6, 6.07) is 21.8. The van der Waals surface area contributed by atoms with Crippen LogP contribution in [0, 0.1) is 0 Å². The first-order valence-electron chi connectivity index (χ1n) is 14.1. The Labute approximate surface area is 246 Å². The van der Waals surface area contributed by atoms with Crippen molar-refractivity contribution in [3.05, 3.63) is 93.3 Å². The SMILES string of the molecule is CCOc1cc(/C=C2/SC(=Nc3ccccc3CC)N(C3CCCCC3)C2=O)ccc1OCc1ccc(Cl)cc1. The largest absolute Gasteiger partial charge is 0.490 e. The van der Waals surface area contributed by atoms with Crippen LogP contribution in [0.1, 0.15) is 62.6 Å². The maximum atomic E-state index is 13.8. The number of carbonyl (C=O) groups is 1. The minimum Gasteiger partial charge on any atom is -0.490 e. The van der Waals surface area contributed by atoms with Gasteiger partial charge in [-0.25, -0.2) is 4.99 Å². The van der Waals surface area contributed by atoms with Gasteiger partial charge in [-0.05, 0) is 91.0 Å². The summed E-state index contributed by atoms with van der Waals surface area (Å²) in [5.41, 5.74) is 4.02. The fraction of sp³-hybridized carbons (Fsp3) is 0.333. The fourth-order valence-electron chi connectivity index (χ4n) is 5.14. The first kappa shape index (κ1) is 28.3. The number of thioether (sulfide) groups is 1. The van der Waals surface area contributed by atoms with E-state index >= 15 is 0 Å². The number of benzene rings is 3. The summed E-state index contributed by atoms with van der Waals surface area (Å²) in [5.74, 6) is 1.34. The molecule has 3 aromatic carbocycles. The topological polar surface area (TPSA) is 51.1 Å². The van der Waals surface area contributed by atoms with Crippen molar-refractivity contribution in [2.75, 3.05) is 6.61 Å². The summed E-state index contributed by atoms with van der Waals surface area (Å²) >= 11 is 7.47.